The van der Waals surface area contributed by atoms with Gasteiger partial charge in [-0.05, 0) is 12.1 Å². The summed E-state index contributed by atoms with van der Waals surface area (Å²) < 4.78 is 0. The molecule has 2 rings (SSSR count). The zero-order chi connectivity index (χ0) is 7.68. The maximum atomic E-state index is 11.1. The average Bonchev–Trinajstić information content (AvgIpc) is 2.06. The van der Waals surface area contributed by atoms with Gasteiger partial charge in [-0.25, -0.2) is 0 Å². The highest BCUT2D eigenvalue weighted by Crippen LogP contribution is 2.15. The first-order chi connectivity index (χ1) is 5.38. The third-order valence-corrected chi connectivity index (χ3v) is 1.61. The largest absolute Gasteiger partial charge is 0.367 e. The number of hydrogen-bond donors (Lipinski definition) is 2. The Labute approximate surface area is 64.4 Å². The Morgan fingerprint density at radius 2 is 2.36 bits per heavy atom. The summed E-state index contributed by atoms with van der Waals surface area (Å²) in [4.78, 5) is 11.1. The van der Waals surface area contributed by atoms with E-state index < -0.39 is 0 Å². The van der Waals surface area contributed by atoms with E-state index in [4.69, 9.17) is 0 Å². The molecule has 1 aromatic carbocycles. The number of carbonyl (C=O) groups is 1. The van der Waals surface area contributed by atoms with Gasteiger partial charge in [0, 0.05) is 5.69 Å². The van der Waals surface area contributed by atoms with Crippen molar-refractivity contribution in [3.63, 3.8) is 0 Å². The minimum absolute atomic E-state index is 0.0562. The normalized spacial score (nSPS) is 14.7. The standard InChI is InChI=1S/C8H7N2O/c11-8-6-3-1-2-4-7(6)9-5-10-8/h1-2,4,9H,5H2,(H,10,11). The second-order valence-electron chi connectivity index (χ2n) is 2.32. The summed E-state index contributed by atoms with van der Waals surface area (Å²) in [5, 5.41) is 5.69. The first-order valence-electron chi connectivity index (χ1n) is 3.41. The lowest BCUT2D eigenvalue weighted by Crippen LogP contribution is -2.34. The highest BCUT2D eigenvalue weighted by Gasteiger charge is 2.13. The fourth-order valence-corrected chi connectivity index (χ4v) is 1.08. The van der Waals surface area contributed by atoms with Crippen LogP contribution in [0.15, 0.2) is 18.2 Å². The smallest absolute Gasteiger partial charge is 0.255 e. The van der Waals surface area contributed by atoms with Gasteiger partial charge in [0.25, 0.3) is 5.91 Å². The lowest BCUT2D eigenvalue weighted by atomic mass is 10.1. The highest BCUT2D eigenvalue weighted by molar-refractivity contribution is 6.00. The SMILES string of the molecule is O=C1NCNc2ccc[c]c21. The van der Waals surface area contributed by atoms with Crippen molar-refractivity contribution in [2.45, 2.75) is 0 Å². The number of fused-ring (bicyclic) bond motifs is 1. The van der Waals surface area contributed by atoms with Crippen molar-refractivity contribution in [2.75, 3.05) is 12.0 Å². The van der Waals surface area contributed by atoms with Crippen LogP contribution in [-0.2, 0) is 0 Å². The molecule has 2 N–H and O–H groups in total. The Morgan fingerprint density at radius 3 is 3.18 bits per heavy atom. The molecule has 1 aromatic rings. The van der Waals surface area contributed by atoms with Crippen LogP contribution in [0.25, 0.3) is 0 Å². The number of carbonyl (C=O) groups excluding carboxylic acids is 1. The lowest BCUT2D eigenvalue weighted by molar-refractivity contribution is 0.0952. The maximum absolute atomic E-state index is 11.1. The van der Waals surface area contributed by atoms with Crippen LogP contribution in [-0.4, -0.2) is 12.6 Å². The van der Waals surface area contributed by atoms with Gasteiger partial charge in [0.15, 0.2) is 0 Å². The summed E-state index contributed by atoms with van der Waals surface area (Å²) >= 11 is 0. The number of nitrogens with one attached hydrogen (secondary N) is 2. The Balaban J connectivity index is 2.52. The lowest BCUT2D eigenvalue weighted by Gasteiger charge is -2.17. The van der Waals surface area contributed by atoms with Gasteiger partial charge in [0.05, 0.1) is 12.2 Å². The topological polar surface area (TPSA) is 41.1 Å². The number of benzene rings is 1. The monoisotopic (exact) mass is 147 g/mol. The molecular formula is C8H7N2O. The van der Waals surface area contributed by atoms with Crippen molar-refractivity contribution in [1.29, 1.82) is 0 Å². The number of hydrogen-bond acceptors (Lipinski definition) is 2. The molecule has 0 atom stereocenters. The number of amides is 1. The van der Waals surface area contributed by atoms with E-state index in [0.717, 1.165) is 5.69 Å². The molecule has 0 saturated heterocycles. The summed E-state index contributed by atoms with van der Waals surface area (Å²) in [7, 11) is 0. The van der Waals surface area contributed by atoms with Crippen molar-refractivity contribution in [3.05, 3.63) is 29.8 Å². The van der Waals surface area contributed by atoms with Crippen molar-refractivity contribution in [1.82, 2.24) is 5.32 Å². The van der Waals surface area contributed by atoms with Gasteiger partial charge in [0.2, 0.25) is 0 Å². The van der Waals surface area contributed by atoms with Crippen molar-refractivity contribution < 1.29 is 4.79 Å². The van der Waals surface area contributed by atoms with Crippen LogP contribution in [0.1, 0.15) is 10.4 Å². The van der Waals surface area contributed by atoms with Crippen molar-refractivity contribution in [2.24, 2.45) is 0 Å². The highest BCUT2D eigenvalue weighted by atomic mass is 16.1. The van der Waals surface area contributed by atoms with Gasteiger partial charge in [0.1, 0.15) is 0 Å². The van der Waals surface area contributed by atoms with E-state index in [9.17, 15) is 4.79 Å². The number of rotatable bonds is 0. The van der Waals surface area contributed by atoms with Crippen LogP contribution in [0.3, 0.4) is 0 Å². The van der Waals surface area contributed by atoms with Gasteiger partial charge in [-0.1, -0.05) is 12.1 Å². The number of anilines is 1. The van der Waals surface area contributed by atoms with Gasteiger partial charge < -0.3 is 10.6 Å². The average molecular weight is 147 g/mol. The Morgan fingerprint density at radius 1 is 1.45 bits per heavy atom. The molecule has 1 radical (unpaired) electrons. The first kappa shape index (κ1) is 6.22. The summed E-state index contributed by atoms with van der Waals surface area (Å²) in [6.45, 7) is 0.504. The van der Waals surface area contributed by atoms with Crippen LogP contribution >= 0.6 is 0 Å². The van der Waals surface area contributed by atoms with Crippen LogP contribution in [0.2, 0.25) is 0 Å². The summed E-state index contributed by atoms with van der Waals surface area (Å²) in [6.07, 6.45) is 0. The fraction of sp³-hybridized carbons (Fsp3) is 0.125. The fourth-order valence-electron chi connectivity index (χ4n) is 1.08. The van der Waals surface area contributed by atoms with E-state index in [-0.39, 0.29) is 5.91 Å². The zero-order valence-electron chi connectivity index (χ0n) is 5.85. The van der Waals surface area contributed by atoms with E-state index in [1.54, 1.807) is 6.07 Å². The molecule has 1 aliphatic heterocycles. The molecular weight excluding hydrogens is 140 g/mol. The molecule has 1 amide bonds. The van der Waals surface area contributed by atoms with E-state index in [1.165, 1.54) is 0 Å². The summed E-state index contributed by atoms with van der Waals surface area (Å²) in [6, 6.07) is 8.31. The molecule has 1 aliphatic rings. The van der Waals surface area contributed by atoms with Gasteiger partial charge in [-0.2, -0.15) is 0 Å². The van der Waals surface area contributed by atoms with Gasteiger partial charge in [-0.3, -0.25) is 4.79 Å². The van der Waals surface area contributed by atoms with E-state index in [0.29, 0.717) is 12.2 Å². The predicted octanol–water partition coefficient (Wildman–Crippen LogP) is 0.600. The Hall–Kier alpha value is -1.51. The predicted molar refractivity (Wildman–Crippen MR) is 41.2 cm³/mol. The second kappa shape index (κ2) is 2.27. The molecule has 3 heteroatoms. The molecule has 0 spiro atoms. The maximum Gasteiger partial charge on any atom is 0.255 e. The molecule has 3 nitrogen and oxygen atoms in total. The molecule has 0 unspecified atom stereocenters. The third kappa shape index (κ3) is 0.941. The van der Waals surface area contributed by atoms with Gasteiger partial charge in [-0.15, -0.1) is 0 Å². The Kier molecular flexibility index (Phi) is 1.28. The van der Waals surface area contributed by atoms with Crippen molar-refractivity contribution >= 4 is 11.6 Å². The quantitative estimate of drug-likeness (QED) is 0.564. The summed E-state index contributed by atoms with van der Waals surface area (Å²) in [5.74, 6) is -0.0562. The van der Waals surface area contributed by atoms with E-state index >= 15 is 0 Å². The molecule has 0 aliphatic carbocycles. The molecule has 0 bridgehead atoms. The molecule has 0 aromatic heterocycles. The minimum atomic E-state index is -0.0562. The molecule has 1 heterocycles. The first-order valence-corrected chi connectivity index (χ1v) is 3.41. The molecule has 0 saturated carbocycles. The van der Waals surface area contributed by atoms with E-state index in [1.807, 2.05) is 12.1 Å². The van der Waals surface area contributed by atoms with Crippen LogP contribution < -0.4 is 10.6 Å². The Bertz CT molecular complexity index is 296. The molecule has 0 fully saturated rings. The zero-order valence-corrected chi connectivity index (χ0v) is 5.85. The van der Waals surface area contributed by atoms with Gasteiger partial charge >= 0.3 is 0 Å². The van der Waals surface area contributed by atoms with Crippen molar-refractivity contribution in [3.8, 4) is 0 Å². The molecule has 11 heavy (non-hydrogen) atoms. The molecule has 55 valence electrons. The van der Waals surface area contributed by atoms with Crippen LogP contribution in [0.5, 0.6) is 0 Å². The second-order valence-corrected chi connectivity index (χ2v) is 2.32. The summed E-state index contributed by atoms with van der Waals surface area (Å²) in [5.41, 5.74) is 1.45. The van der Waals surface area contributed by atoms with Crippen LogP contribution in [0.4, 0.5) is 5.69 Å². The minimum Gasteiger partial charge on any atom is -0.367 e. The third-order valence-electron chi connectivity index (χ3n) is 1.61. The van der Waals surface area contributed by atoms with Crippen LogP contribution in [0, 0.1) is 6.07 Å². The van der Waals surface area contributed by atoms with E-state index in [2.05, 4.69) is 16.7 Å².